The number of carbonyl (C=O) groups is 1. The van der Waals surface area contributed by atoms with Gasteiger partial charge in [0.25, 0.3) is 5.91 Å². The number of hydrogen-bond donors (Lipinski definition) is 1. The van der Waals surface area contributed by atoms with Crippen molar-refractivity contribution in [2.45, 2.75) is 12.5 Å². The highest BCUT2D eigenvalue weighted by Crippen LogP contribution is 2.31. The van der Waals surface area contributed by atoms with Gasteiger partial charge in [-0.3, -0.25) is 4.79 Å². The molecular formula is C17H14N2O2S. The maximum absolute atomic E-state index is 12.5. The third-order valence-corrected chi connectivity index (χ3v) is 4.65. The van der Waals surface area contributed by atoms with E-state index in [4.69, 9.17) is 4.74 Å². The molecule has 0 fully saturated rings. The van der Waals surface area contributed by atoms with E-state index in [0.717, 1.165) is 28.0 Å². The van der Waals surface area contributed by atoms with Crippen LogP contribution in [0.25, 0.3) is 10.2 Å². The normalized spacial score (nSPS) is 16.8. The van der Waals surface area contributed by atoms with E-state index in [0.29, 0.717) is 12.2 Å². The molecule has 1 N–H and O–H groups in total. The van der Waals surface area contributed by atoms with Gasteiger partial charge in [0, 0.05) is 17.5 Å². The maximum atomic E-state index is 12.5. The second kappa shape index (κ2) is 5.42. The summed E-state index contributed by atoms with van der Waals surface area (Å²) in [6.45, 7) is 0.621. The highest BCUT2D eigenvalue weighted by molar-refractivity contribution is 7.16. The Labute approximate surface area is 131 Å². The van der Waals surface area contributed by atoms with Gasteiger partial charge in [-0.05, 0) is 24.3 Å². The van der Waals surface area contributed by atoms with Crippen molar-refractivity contribution < 1.29 is 9.53 Å². The Kier molecular flexibility index (Phi) is 3.27. The molecule has 2 aromatic carbocycles. The fraction of sp³-hybridized carbons (Fsp3) is 0.176. The third kappa shape index (κ3) is 2.33. The van der Waals surface area contributed by atoms with Crippen LogP contribution in [0.1, 0.15) is 28.4 Å². The molecule has 110 valence electrons. The molecule has 22 heavy (non-hydrogen) atoms. The van der Waals surface area contributed by atoms with Crippen molar-refractivity contribution >= 4 is 27.5 Å². The molecule has 0 radical (unpaired) electrons. The Hall–Kier alpha value is -2.40. The maximum Gasteiger partial charge on any atom is 0.251 e. The summed E-state index contributed by atoms with van der Waals surface area (Å²) in [5.41, 5.74) is 4.43. The predicted octanol–water partition coefficient (Wildman–Crippen LogP) is 3.55. The molecule has 0 spiro atoms. The molecule has 0 saturated carbocycles. The van der Waals surface area contributed by atoms with E-state index in [2.05, 4.69) is 10.3 Å². The van der Waals surface area contributed by atoms with Gasteiger partial charge in [0.2, 0.25) is 0 Å². The van der Waals surface area contributed by atoms with Crippen molar-refractivity contribution in [3.05, 3.63) is 59.1 Å². The first-order valence-electron chi connectivity index (χ1n) is 7.17. The highest BCUT2D eigenvalue weighted by Gasteiger charge is 2.23. The van der Waals surface area contributed by atoms with Crippen molar-refractivity contribution in [1.29, 1.82) is 0 Å². The zero-order chi connectivity index (χ0) is 14.9. The summed E-state index contributed by atoms with van der Waals surface area (Å²) in [5.74, 6) is 0.800. The molecule has 1 aliphatic rings. The Morgan fingerprint density at radius 1 is 1.27 bits per heavy atom. The average molecular weight is 310 g/mol. The lowest BCUT2D eigenvalue weighted by atomic mass is 10.00. The van der Waals surface area contributed by atoms with Crippen LogP contribution >= 0.6 is 11.3 Å². The summed E-state index contributed by atoms with van der Waals surface area (Å²) in [7, 11) is 0. The molecule has 1 amide bonds. The summed E-state index contributed by atoms with van der Waals surface area (Å²) in [4.78, 5) is 16.8. The van der Waals surface area contributed by atoms with E-state index >= 15 is 0 Å². The highest BCUT2D eigenvalue weighted by atomic mass is 32.1. The third-order valence-electron chi connectivity index (χ3n) is 3.86. The molecule has 3 aromatic rings. The second-order valence-electron chi connectivity index (χ2n) is 5.24. The minimum Gasteiger partial charge on any atom is -0.493 e. The van der Waals surface area contributed by atoms with Crippen LogP contribution in [0.4, 0.5) is 0 Å². The van der Waals surface area contributed by atoms with E-state index in [1.54, 1.807) is 16.8 Å². The summed E-state index contributed by atoms with van der Waals surface area (Å²) in [6.07, 6.45) is 0.783. The molecule has 5 heteroatoms. The number of rotatable bonds is 2. The van der Waals surface area contributed by atoms with Gasteiger partial charge in [-0.15, -0.1) is 11.3 Å². The van der Waals surface area contributed by atoms with Crippen LogP contribution in [0, 0.1) is 0 Å². The van der Waals surface area contributed by atoms with Crippen molar-refractivity contribution in [2.24, 2.45) is 0 Å². The Balaban J connectivity index is 1.59. The van der Waals surface area contributed by atoms with Crippen LogP contribution in [0.2, 0.25) is 0 Å². The van der Waals surface area contributed by atoms with Gasteiger partial charge in [0.15, 0.2) is 0 Å². The summed E-state index contributed by atoms with van der Waals surface area (Å²) < 4.78 is 6.66. The van der Waals surface area contributed by atoms with Gasteiger partial charge < -0.3 is 10.1 Å². The molecule has 1 atom stereocenters. The standard InChI is InChI=1S/C17H14N2O2S/c20-17(11-5-6-14-16(9-11)22-10-18-14)19-13-7-8-21-15-4-2-1-3-12(13)15/h1-6,9-10,13H,7-8H2,(H,19,20)/t13-/m1/s1. The topological polar surface area (TPSA) is 51.2 Å². The van der Waals surface area contributed by atoms with E-state index in [1.807, 2.05) is 42.5 Å². The van der Waals surface area contributed by atoms with Crippen LogP contribution in [0.5, 0.6) is 5.75 Å². The van der Waals surface area contributed by atoms with Gasteiger partial charge in [0.05, 0.1) is 28.4 Å². The van der Waals surface area contributed by atoms with Crippen molar-refractivity contribution in [3.63, 3.8) is 0 Å². The van der Waals surface area contributed by atoms with Crippen LogP contribution in [-0.2, 0) is 0 Å². The number of benzene rings is 2. The zero-order valence-electron chi connectivity index (χ0n) is 11.8. The SMILES string of the molecule is O=C(N[C@@H]1CCOc2ccccc21)c1ccc2ncsc2c1. The number of ether oxygens (including phenoxy) is 1. The Morgan fingerprint density at radius 3 is 3.14 bits per heavy atom. The lowest BCUT2D eigenvalue weighted by Crippen LogP contribution is -2.32. The zero-order valence-corrected chi connectivity index (χ0v) is 12.6. The fourth-order valence-electron chi connectivity index (χ4n) is 2.73. The lowest BCUT2D eigenvalue weighted by Gasteiger charge is -2.26. The molecule has 4 nitrogen and oxygen atoms in total. The smallest absolute Gasteiger partial charge is 0.251 e. The molecular weight excluding hydrogens is 296 g/mol. The number of para-hydroxylation sites is 1. The van der Waals surface area contributed by atoms with E-state index in [9.17, 15) is 4.79 Å². The lowest BCUT2D eigenvalue weighted by molar-refractivity contribution is 0.0925. The van der Waals surface area contributed by atoms with Gasteiger partial charge >= 0.3 is 0 Å². The van der Waals surface area contributed by atoms with Crippen molar-refractivity contribution in [3.8, 4) is 5.75 Å². The van der Waals surface area contributed by atoms with E-state index in [1.165, 1.54) is 0 Å². The molecule has 0 bridgehead atoms. The van der Waals surface area contributed by atoms with Crippen LogP contribution in [-0.4, -0.2) is 17.5 Å². The van der Waals surface area contributed by atoms with Crippen LogP contribution < -0.4 is 10.1 Å². The number of amides is 1. The van der Waals surface area contributed by atoms with Crippen LogP contribution in [0.3, 0.4) is 0 Å². The minimum absolute atomic E-state index is 0.00499. The van der Waals surface area contributed by atoms with Crippen molar-refractivity contribution in [1.82, 2.24) is 10.3 Å². The van der Waals surface area contributed by atoms with Gasteiger partial charge in [-0.2, -0.15) is 0 Å². The molecule has 2 heterocycles. The molecule has 4 rings (SSSR count). The summed E-state index contributed by atoms with van der Waals surface area (Å²) >= 11 is 1.54. The number of aromatic nitrogens is 1. The number of hydrogen-bond acceptors (Lipinski definition) is 4. The molecule has 1 aromatic heterocycles. The molecule has 0 saturated heterocycles. The van der Waals surface area contributed by atoms with Crippen LogP contribution in [0.15, 0.2) is 48.0 Å². The molecule has 0 unspecified atom stereocenters. The number of nitrogens with zero attached hydrogens (tertiary/aromatic N) is 1. The number of thiazole rings is 1. The quantitative estimate of drug-likeness (QED) is 0.787. The van der Waals surface area contributed by atoms with Gasteiger partial charge in [-0.1, -0.05) is 18.2 Å². The fourth-order valence-corrected chi connectivity index (χ4v) is 3.45. The largest absolute Gasteiger partial charge is 0.493 e. The number of nitrogens with one attached hydrogen (secondary N) is 1. The average Bonchev–Trinajstić information content (AvgIpc) is 3.02. The Bertz CT molecular complexity index is 843. The number of fused-ring (bicyclic) bond motifs is 2. The van der Waals surface area contributed by atoms with E-state index < -0.39 is 0 Å². The first-order chi connectivity index (χ1) is 10.8. The molecule has 1 aliphatic heterocycles. The van der Waals surface area contributed by atoms with Gasteiger partial charge in [-0.25, -0.2) is 4.98 Å². The van der Waals surface area contributed by atoms with Gasteiger partial charge in [0.1, 0.15) is 5.75 Å². The molecule has 0 aliphatic carbocycles. The van der Waals surface area contributed by atoms with E-state index in [-0.39, 0.29) is 11.9 Å². The first kappa shape index (κ1) is 13.3. The first-order valence-corrected chi connectivity index (χ1v) is 8.05. The second-order valence-corrected chi connectivity index (χ2v) is 6.12. The Morgan fingerprint density at radius 2 is 2.18 bits per heavy atom. The monoisotopic (exact) mass is 310 g/mol. The summed E-state index contributed by atoms with van der Waals surface area (Å²) in [6, 6.07) is 13.5. The summed E-state index contributed by atoms with van der Waals surface area (Å²) in [5, 5.41) is 3.11. The minimum atomic E-state index is -0.0583. The predicted molar refractivity (Wildman–Crippen MR) is 86.4 cm³/mol. The number of carbonyl (C=O) groups excluding carboxylic acids is 1. The van der Waals surface area contributed by atoms with Crippen molar-refractivity contribution in [2.75, 3.05) is 6.61 Å².